The Hall–Kier alpha value is -2.86. The van der Waals surface area contributed by atoms with Crippen LogP contribution in [0, 0.1) is 0 Å². The molecule has 2 amide bonds. The number of nitrogens with one attached hydrogen (secondary N) is 2. The number of hydrogen-bond acceptors (Lipinski definition) is 4. The standard InChI is InChI=1S/C24H32N4O2/c1-5-17-8-11-20(12-9-17)26-24(30)23(29)25-16-22(27(2)3)19-10-13-21-18(15-19)7-6-14-28(21)4/h8-13,15,22H,5-7,14,16H2,1-4H3,(H,25,29)(H,26,30)/t22-/m1/s1. The van der Waals surface area contributed by atoms with E-state index >= 15 is 0 Å². The number of aryl methyl sites for hydroxylation is 2. The maximum absolute atomic E-state index is 12.4. The summed E-state index contributed by atoms with van der Waals surface area (Å²) in [6.45, 7) is 3.52. The van der Waals surface area contributed by atoms with Gasteiger partial charge in [-0.25, -0.2) is 0 Å². The number of carbonyl (C=O) groups excluding carboxylic acids is 2. The average molecular weight is 409 g/mol. The van der Waals surface area contributed by atoms with Gasteiger partial charge in [0.1, 0.15) is 0 Å². The molecule has 0 spiro atoms. The van der Waals surface area contributed by atoms with E-state index < -0.39 is 11.8 Å². The lowest BCUT2D eigenvalue weighted by Crippen LogP contribution is -2.40. The predicted octanol–water partition coefficient (Wildman–Crippen LogP) is 2.99. The third-order valence-corrected chi connectivity index (χ3v) is 5.74. The number of likely N-dealkylation sites (N-methyl/N-ethyl adjacent to an activating group) is 1. The summed E-state index contributed by atoms with van der Waals surface area (Å²) in [5.74, 6) is -1.28. The zero-order chi connectivity index (χ0) is 21.7. The van der Waals surface area contributed by atoms with Gasteiger partial charge in [0.05, 0.1) is 6.04 Å². The van der Waals surface area contributed by atoms with Crippen LogP contribution in [-0.2, 0) is 22.4 Å². The van der Waals surface area contributed by atoms with E-state index in [1.165, 1.54) is 16.8 Å². The van der Waals surface area contributed by atoms with Gasteiger partial charge < -0.3 is 20.4 Å². The van der Waals surface area contributed by atoms with E-state index in [0.717, 1.165) is 31.4 Å². The van der Waals surface area contributed by atoms with Crippen LogP contribution in [-0.4, -0.2) is 50.9 Å². The molecule has 30 heavy (non-hydrogen) atoms. The second-order valence-electron chi connectivity index (χ2n) is 8.11. The predicted molar refractivity (Wildman–Crippen MR) is 122 cm³/mol. The molecule has 1 aliphatic heterocycles. The van der Waals surface area contributed by atoms with Crippen molar-refractivity contribution in [2.45, 2.75) is 32.2 Å². The van der Waals surface area contributed by atoms with Crippen LogP contribution in [0.4, 0.5) is 11.4 Å². The number of amides is 2. The van der Waals surface area contributed by atoms with Crippen molar-refractivity contribution in [1.82, 2.24) is 10.2 Å². The maximum Gasteiger partial charge on any atom is 0.313 e. The SMILES string of the molecule is CCc1ccc(NC(=O)C(=O)NC[C@H](c2ccc3c(c2)CCCN3C)N(C)C)cc1. The van der Waals surface area contributed by atoms with Crippen LogP contribution < -0.4 is 15.5 Å². The molecule has 0 saturated carbocycles. The third kappa shape index (κ3) is 5.19. The summed E-state index contributed by atoms with van der Waals surface area (Å²) in [6.07, 6.45) is 3.15. The molecule has 2 N–H and O–H groups in total. The Bertz CT molecular complexity index is 893. The van der Waals surface area contributed by atoms with Gasteiger partial charge in [0.25, 0.3) is 0 Å². The Morgan fingerprint density at radius 2 is 1.83 bits per heavy atom. The highest BCUT2D eigenvalue weighted by molar-refractivity contribution is 6.39. The minimum Gasteiger partial charge on any atom is -0.374 e. The fourth-order valence-corrected chi connectivity index (χ4v) is 3.89. The Morgan fingerprint density at radius 3 is 2.50 bits per heavy atom. The molecule has 0 saturated heterocycles. The number of nitrogens with zero attached hydrogens (tertiary/aromatic N) is 2. The van der Waals surface area contributed by atoms with Gasteiger partial charge in [0.2, 0.25) is 0 Å². The van der Waals surface area contributed by atoms with Crippen molar-refractivity contribution in [2.24, 2.45) is 0 Å². The Labute approximate surface area is 179 Å². The second kappa shape index (κ2) is 9.76. The lowest BCUT2D eigenvalue weighted by atomic mass is 9.96. The molecule has 0 bridgehead atoms. The average Bonchev–Trinajstić information content (AvgIpc) is 2.74. The van der Waals surface area contributed by atoms with Crippen LogP contribution in [0.3, 0.4) is 0 Å². The van der Waals surface area contributed by atoms with E-state index in [4.69, 9.17) is 0 Å². The first-order valence-electron chi connectivity index (χ1n) is 10.6. The first kappa shape index (κ1) is 21.8. The molecule has 0 aromatic heterocycles. The van der Waals surface area contributed by atoms with Gasteiger partial charge in [-0.15, -0.1) is 0 Å². The van der Waals surface area contributed by atoms with Crippen molar-refractivity contribution in [3.05, 3.63) is 59.2 Å². The third-order valence-electron chi connectivity index (χ3n) is 5.74. The van der Waals surface area contributed by atoms with Crippen molar-refractivity contribution in [3.63, 3.8) is 0 Å². The summed E-state index contributed by atoms with van der Waals surface area (Å²) < 4.78 is 0. The zero-order valence-electron chi connectivity index (χ0n) is 18.4. The highest BCUT2D eigenvalue weighted by Gasteiger charge is 2.21. The molecule has 6 heteroatoms. The van der Waals surface area contributed by atoms with Crippen molar-refractivity contribution >= 4 is 23.2 Å². The molecule has 0 aliphatic carbocycles. The number of fused-ring (bicyclic) bond motifs is 1. The fraction of sp³-hybridized carbons (Fsp3) is 0.417. The van der Waals surface area contributed by atoms with Crippen LogP contribution in [0.1, 0.15) is 36.1 Å². The van der Waals surface area contributed by atoms with Gasteiger partial charge in [-0.3, -0.25) is 9.59 Å². The van der Waals surface area contributed by atoms with Crippen molar-refractivity contribution in [1.29, 1.82) is 0 Å². The Morgan fingerprint density at radius 1 is 1.10 bits per heavy atom. The minimum absolute atomic E-state index is 0.0110. The van der Waals surface area contributed by atoms with E-state index in [-0.39, 0.29) is 6.04 Å². The largest absolute Gasteiger partial charge is 0.374 e. The number of benzene rings is 2. The number of anilines is 2. The molecule has 6 nitrogen and oxygen atoms in total. The van der Waals surface area contributed by atoms with Crippen LogP contribution in [0.25, 0.3) is 0 Å². The van der Waals surface area contributed by atoms with Gasteiger partial charge in [0.15, 0.2) is 0 Å². The van der Waals surface area contributed by atoms with Gasteiger partial charge >= 0.3 is 11.8 Å². The van der Waals surface area contributed by atoms with Crippen LogP contribution in [0.5, 0.6) is 0 Å². The summed E-state index contributed by atoms with van der Waals surface area (Å²) in [5.41, 5.74) is 5.57. The van der Waals surface area contributed by atoms with Crippen molar-refractivity contribution < 1.29 is 9.59 Å². The van der Waals surface area contributed by atoms with E-state index in [2.05, 4.69) is 52.6 Å². The normalized spacial score (nSPS) is 14.2. The summed E-state index contributed by atoms with van der Waals surface area (Å²) in [4.78, 5) is 29.0. The maximum atomic E-state index is 12.4. The smallest absolute Gasteiger partial charge is 0.313 e. The zero-order valence-corrected chi connectivity index (χ0v) is 18.4. The van der Waals surface area contributed by atoms with E-state index in [9.17, 15) is 9.59 Å². The summed E-state index contributed by atoms with van der Waals surface area (Å²) in [5, 5.41) is 5.45. The van der Waals surface area contributed by atoms with Crippen molar-refractivity contribution in [3.8, 4) is 0 Å². The molecule has 1 aliphatic rings. The minimum atomic E-state index is -0.649. The first-order chi connectivity index (χ1) is 14.4. The summed E-state index contributed by atoms with van der Waals surface area (Å²) >= 11 is 0. The monoisotopic (exact) mass is 408 g/mol. The summed E-state index contributed by atoms with van der Waals surface area (Å²) in [7, 11) is 6.09. The molecule has 160 valence electrons. The fourth-order valence-electron chi connectivity index (χ4n) is 3.89. The van der Waals surface area contributed by atoms with Crippen LogP contribution in [0.2, 0.25) is 0 Å². The van der Waals surface area contributed by atoms with E-state index in [0.29, 0.717) is 12.2 Å². The van der Waals surface area contributed by atoms with Crippen molar-refractivity contribution in [2.75, 3.05) is 44.4 Å². The number of carbonyl (C=O) groups is 2. The summed E-state index contributed by atoms with van der Waals surface area (Å²) in [6, 6.07) is 14.0. The van der Waals surface area contributed by atoms with Crippen LogP contribution >= 0.6 is 0 Å². The molecule has 0 fully saturated rings. The molecule has 2 aromatic carbocycles. The second-order valence-corrected chi connectivity index (χ2v) is 8.11. The molecule has 0 unspecified atom stereocenters. The van der Waals surface area contributed by atoms with E-state index in [1.54, 1.807) is 0 Å². The number of rotatable bonds is 6. The van der Waals surface area contributed by atoms with Gasteiger partial charge in [-0.2, -0.15) is 0 Å². The number of hydrogen-bond donors (Lipinski definition) is 2. The van der Waals surface area contributed by atoms with Gasteiger partial charge in [0, 0.05) is 31.5 Å². The highest BCUT2D eigenvalue weighted by Crippen LogP contribution is 2.29. The van der Waals surface area contributed by atoms with E-state index in [1.807, 2.05) is 38.4 Å². The molecular weight excluding hydrogens is 376 g/mol. The molecule has 3 rings (SSSR count). The highest BCUT2D eigenvalue weighted by atomic mass is 16.2. The lowest BCUT2D eigenvalue weighted by Gasteiger charge is -2.30. The van der Waals surface area contributed by atoms with Crippen LogP contribution in [0.15, 0.2) is 42.5 Å². The molecule has 2 aromatic rings. The lowest BCUT2D eigenvalue weighted by molar-refractivity contribution is -0.136. The molecular formula is C24H32N4O2. The quantitative estimate of drug-likeness (QED) is 0.722. The molecule has 1 atom stereocenters. The van der Waals surface area contributed by atoms with Gasteiger partial charge in [-0.1, -0.05) is 31.2 Å². The molecule has 0 radical (unpaired) electrons. The topological polar surface area (TPSA) is 64.7 Å². The molecule has 1 heterocycles. The first-order valence-corrected chi connectivity index (χ1v) is 10.6. The van der Waals surface area contributed by atoms with Gasteiger partial charge in [-0.05, 0) is 68.2 Å². The Kier molecular flexibility index (Phi) is 7.11. The Balaban J connectivity index is 1.62.